The smallest absolute Gasteiger partial charge is 0.309 e. The zero-order valence-electron chi connectivity index (χ0n) is 20.3. The fourth-order valence-corrected chi connectivity index (χ4v) is 4.96. The Morgan fingerprint density at radius 3 is 2.20 bits per heavy atom. The highest BCUT2D eigenvalue weighted by molar-refractivity contribution is 7.09. The van der Waals surface area contributed by atoms with Crippen molar-refractivity contribution in [3.8, 4) is 0 Å². The molecule has 0 saturated carbocycles. The van der Waals surface area contributed by atoms with E-state index in [9.17, 15) is 9.59 Å². The minimum absolute atomic E-state index is 0.0156. The summed E-state index contributed by atoms with van der Waals surface area (Å²) >= 11 is 1.55. The second kappa shape index (κ2) is 11.9. The van der Waals surface area contributed by atoms with Gasteiger partial charge in [0.1, 0.15) is 0 Å². The molecule has 2 aromatic carbocycles. The Kier molecular flexibility index (Phi) is 8.39. The van der Waals surface area contributed by atoms with Crippen molar-refractivity contribution in [1.82, 2.24) is 15.5 Å². The number of para-hydroxylation sites is 1. The number of amides is 2. The van der Waals surface area contributed by atoms with Crippen LogP contribution in [0, 0.1) is 0 Å². The molecule has 0 bridgehead atoms. The van der Waals surface area contributed by atoms with E-state index in [0.29, 0.717) is 13.1 Å². The molecule has 4 rings (SSSR count). The van der Waals surface area contributed by atoms with E-state index in [-0.39, 0.29) is 6.04 Å². The van der Waals surface area contributed by atoms with Gasteiger partial charge in [-0.3, -0.25) is 14.5 Å². The first-order valence-electron chi connectivity index (χ1n) is 11.9. The molecular formula is C27H33N5O2S. The lowest BCUT2D eigenvalue weighted by Crippen LogP contribution is -2.50. The quantitative estimate of drug-likeness (QED) is 0.474. The third kappa shape index (κ3) is 6.61. The molecule has 184 valence electrons. The highest BCUT2D eigenvalue weighted by atomic mass is 32.1. The number of carbonyl (C=O) groups excluding carboxylic acids is 2. The lowest BCUT2D eigenvalue weighted by molar-refractivity contribution is -0.139. The Hall–Kier alpha value is -3.36. The van der Waals surface area contributed by atoms with Crippen molar-refractivity contribution in [2.24, 2.45) is 0 Å². The van der Waals surface area contributed by atoms with Gasteiger partial charge in [0.05, 0.1) is 12.6 Å². The first kappa shape index (κ1) is 24.8. The van der Waals surface area contributed by atoms with E-state index < -0.39 is 11.8 Å². The van der Waals surface area contributed by atoms with Crippen molar-refractivity contribution in [3.05, 3.63) is 82.6 Å². The molecule has 8 heteroatoms. The molecule has 1 aliphatic rings. The molecule has 2 N–H and O–H groups in total. The van der Waals surface area contributed by atoms with Gasteiger partial charge in [0.15, 0.2) is 0 Å². The second-order valence-electron chi connectivity index (χ2n) is 8.83. The molecule has 2 heterocycles. The summed E-state index contributed by atoms with van der Waals surface area (Å²) in [4.78, 5) is 32.8. The number of thiophene rings is 1. The minimum atomic E-state index is -0.603. The molecule has 1 aromatic heterocycles. The fraction of sp³-hybridized carbons (Fsp3) is 0.333. The van der Waals surface area contributed by atoms with Gasteiger partial charge in [-0.15, -0.1) is 11.3 Å². The van der Waals surface area contributed by atoms with E-state index in [1.165, 1.54) is 5.69 Å². The molecule has 1 unspecified atom stereocenters. The number of benzene rings is 2. The maximum Gasteiger partial charge on any atom is 0.309 e. The van der Waals surface area contributed by atoms with Gasteiger partial charge in [0, 0.05) is 63.1 Å². The molecule has 0 radical (unpaired) electrons. The fourth-order valence-electron chi connectivity index (χ4n) is 4.31. The van der Waals surface area contributed by atoms with Crippen molar-refractivity contribution in [3.63, 3.8) is 0 Å². The molecule has 0 spiro atoms. The van der Waals surface area contributed by atoms with Crippen molar-refractivity contribution in [2.45, 2.75) is 12.6 Å². The number of rotatable bonds is 8. The highest BCUT2D eigenvalue weighted by Crippen LogP contribution is 2.25. The summed E-state index contributed by atoms with van der Waals surface area (Å²) < 4.78 is 0. The van der Waals surface area contributed by atoms with E-state index in [1.54, 1.807) is 11.3 Å². The SMILES string of the molecule is CN(C)c1ccc(C(CNC(=O)C(=O)NCc2cccs2)N2CCN(c3ccccc3)CC2)cc1. The van der Waals surface area contributed by atoms with E-state index in [0.717, 1.165) is 42.3 Å². The monoisotopic (exact) mass is 491 g/mol. The van der Waals surface area contributed by atoms with Crippen LogP contribution in [0.3, 0.4) is 0 Å². The predicted molar refractivity (Wildman–Crippen MR) is 143 cm³/mol. The minimum Gasteiger partial charge on any atom is -0.378 e. The van der Waals surface area contributed by atoms with Crippen LogP contribution in [0.4, 0.5) is 11.4 Å². The summed E-state index contributed by atoms with van der Waals surface area (Å²) in [5.74, 6) is -1.20. The van der Waals surface area contributed by atoms with Gasteiger partial charge in [-0.25, -0.2) is 0 Å². The summed E-state index contributed by atoms with van der Waals surface area (Å²) in [6.07, 6.45) is 0. The third-order valence-corrected chi connectivity index (χ3v) is 7.21. The van der Waals surface area contributed by atoms with Crippen LogP contribution in [0.15, 0.2) is 72.1 Å². The zero-order valence-corrected chi connectivity index (χ0v) is 21.1. The van der Waals surface area contributed by atoms with Crippen LogP contribution >= 0.6 is 11.3 Å². The van der Waals surface area contributed by atoms with E-state index in [1.807, 2.05) is 37.7 Å². The Morgan fingerprint density at radius 1 is 0.886 bits per heavy atom. The number of anilines is 2. The number of hydrogen-bond acceptors (Lipinski definition) is 6. The van der Waals surface area contributed by atoms with E-state index in [4.69, 9.17) is 0 Å². The lowest BCUT2D eigenvalue weighted by Gasteiger charge is -2.40. The summed E-state index contributed by atoms with van der Waals surface area (Å²) in [6, 6.07) is 22.7. The Labute approximate surface area is 211 Å². The standard InChI is InChI=1S/C27H33N5O2S/c1-30(2)22-12-10-21(11-13-22)25(20-29-27(34)26(33)28-19-24-9-6-18-35-24)32-16-14-31(15-17-32)23-7-4-3-5-8-23/h3-13,18,25H,14-17,19-20H2,1-2H3,(H,28,33)(H,29,34). The maximum absolute atomic E-state index is 12.5. The second-order valence-corrected chi connectivity index (χ2v) is 9.86. The van der Waals surface area contributed by atoms with Crippen LogP contribution in [0.1, 0.15) is 16.5 Å². The van der Waals surface area contributed by atoms with Gasteiger partial charge in [-0.2, -0.15) is 0 Å². The molecule has 7 nitrogen and oxygen atoms in total. The van der Waals surface area contributed by atoms with Gasteiger partial charge in [-0.05, 0) is 41.3 Å². The third-order valence-electron chi connectivity index (χ3n) is 6.34. The van der Waals surface area contributed by atoms with Crippen molar-refractivity contribution in [2.75, 3.05) is 56.6 Å². The molecule has 1 atom stereocenters. The van der Waals surface area contributed by atoms with Gasteiger partial charge < -0.3 is 20.4 Å². The summed E-state index contributed by atoms with van der Waals surface area (Å²) in [7, 11) is 4.04. The summed E-state index contributed by atoms with van der Waals surface area (Å²) in [5.41, 5.74) is 3.48. The number of piperazine rings is 1. The average Bonchev–Trinajstić information content (AvgIpc) is 3.42. The normalized spacial score (nSPS) is 14.9. The van der Waals surface area contributed by atoms with Crippen LogP contribution in [0.5, 0.6) is 0 Å². The first-order chi connectivity index (χ1) is 17.0. The highest BCUT2D eigenvalue weighted by Gasteiger charge is 2.26. The van der Waals surface area contributed by atoms with Crippen molar-refractivity contribution < 1.29 is 9.59 Å². The van der Waals surface area contributed by atoms with Crippen LogP contribution in [0.25, 0.3) is 0 Å². The predicted octanol–water partition coefficient (Wildman–Crippen LogP) is 3.11. The maximum atomic E-state index is 12.5. The molecule has 0 aliphatic carbocycles. The Balaban J connectivity index is 1.40. The average molecular weight is 492 g/mol. The molecular weight excluding hydrogens is 458 g/mol. The largest absolute Gasteiger partial charge is 0.378 e. The first-order valence-corrected chi connectivity index (χ1v) is 12.8. The Bertz CT molecular complexity index is 1080. The Morgan fingerprint density at radius 2 is 1.57 bits per heavy atom. The van der Waals surface area contributed by atoms with Gasteiger partial charge in [0.25, 0.3) is 0 Å². The van der Waals surface area contributed by atoms with Gasteiger partial charge in [0.2, 0.25) is 0 Å². The van der Waals surface area contributed by atoms with Crippen LogP contribution < -0.4 is 20.4 Å². The number of nitrogens with zero attached hydrogens (tertiary/aromatic N) is 3. The van der Waals surface area contributed by atoms with Crippen molar-refractivity contribution in [1.29, 1.82) is 0 Å². The van der Waals surface area contributed by atoms with Gasteiger partial charge in [-0.1, -0.05) is 36.4 Å². The van der Waals surface area contributed by atoms with Crippen LogP contribution in [0.2, 0.25) is 0 Å². The lowest BCUT2D eigenvalue weighted by atomic mass is 10.0. The molecule has 3 aromatic rings. The van der Waals surface area contributed by atoms with Crippen molar-refractivity contribution >= 4 is 34.5 Å². The summed E-state index contributed by atoms with van der Waals surface area (Å²) in [5, 5.41) is 7.53. The number of nitrogens with one attached hydrogen (secondary N) is 2. The van der Waals surface area contributed by atoms with Crippen LogP contribution in [-0.4, -0.2) is 63.5 Å². The van der Waals surface area contributed by atoms with E-state index in [2.05, 4.69) is 73.9 Å². The molecule has 2 amide bonds. The number of carbonyl (C=O) groups is 2. The molecule has 1 aliphatic heterocycles. The zero-order chi connectivity index (χ0) is 24.6. The van der Waals surface area contributed by atoms with E-state index >= 15 is 0 Å². The van der Waals surface area contributed by atoms with Crippen LogP contribution in [-0.2, 0) is 16.1 Å². The number of hydrogen-bond donors (Lipinski definition) is 2. The summed E-state index contributed by atoms with van der Waals surface area (Å²) in [6.45, 7) is 4.29. The van der Waals surface area contributed by atoms with Gasteiger partial charge >= 0.3 is 11.8 Å². The molecule has 1 fully saturated rings. The molecule has 35 heavy (non-hydrogen) atoms. The molecule has 1 saturated heterocycles. The topological polar surface area (TPSA) is 67.9 Å².